The van der Waals surface area contributed by atoms with Crippen molar-refractivity contribution in [1.82, 2.24) is 25.5 Å². The predicted octanol–water partition coefficient (Wildman–Crippen LogP) is -0.200. The second kappa shape index (κ2) is 7.19. The van der Waals surface area contributed by atoms with Gasteiger partial charge in [-0.1, -0.05) is 0 Å². The van der Waals surface area contributed by atoms with E-state index in [1.165, 1.54) is 5.56 Å². The molecule has 1 saturated heterocycles. The molecule has 122 valence electrons. The minimum Gasteiger partial charge on any atom is -0.379 e. The lowest BCUT2D eigenvalue weighted by Gasteiger charge is -2.19. The standard InChI is InChI=1S/C15H19N5O3/c21-14(2-1-13-18-15(22)20-19-13)17-12-9-23-8-11(12)7-10-3-5-16-6-4-10/h3-6,11-12H,1-2,7-9H2,(H,17,21)(H2,18,19,20,22)/t11-,12+/m1/s1. The highest BCUT2D eigenvalue weighted by Crippen LogP contribution is 2.19. The highest BCUT2D eigenvalue weighted by Gasteiger charge is 2.29. The van der Waals surface area contributed by atoms with Crippen molar-refractivity contribution in [2.75, 3.05) is 13.2 Å². The molecule has 2 aromatic rings. The summed E-state index contributed by atoms with van der Waals surface area (Å²) in [6.45, 7) is 1.17. The van der Waals surface area contributed by atoms with E-state index in [9.17, 15) is 9.59 Å². The quantitative estimate of drug-likeness (QED) is 0.683. The number of hydrogen-bond donors (Lipinski definition) is 3. The van der Waals surface area contributed by atoms with Crippen molar-refractivity contribution in [2.45, 2.75) is 25.3 Å². The molecule has 0 radical (unpaired) electrons. The summed E-state index contributed by atoms with van der Waals surface area (Å²) >= 11 is 0. The number of nitrogens with zero attached hydrogens (tertiary/aromatic N) is 2. The van der Waals surface area contributed by atoms with E-state index >= 15 is 0 Å². The Hall–Kier alpha value is -2.48. The number of nitrogens with one attached hydrogen (secondary N) is 3. The zero-order valence-electron chi connectivity index (χ0n) is 12.6. The van der Waals surface area contributed by atoms with Crippen LogP contribution in [-0.2, 0) is 22.4 Å². The molecule has 1 amide bonds. The predicted molar refractivity (Wildman–Crippen MR) is 81.7 cm³/mol. The maximum absolute atomic E-state index is 12.1. The zero-order valence-corrected chi connectivity index (χ0v) is 12.6. The number of pyridine rings is 1. The molecular weight excluding hydrogens is 298 g/mol. The van der Waals surface area contributed by atoms with Gasteiger partial charge in [-0.2, -0.15) is 5.10 Å². The number of aromatic amines is 2. The molecule has 1 aliphatic heterocycles. The van der Waals surface area contributed by atoms with Crippen LogP contribution in [0.2, 0.25) is 0 Å². The van der Waals surface area contributed by atoms with Gasteiger partial charge in [0.05, 0.1) is 19.3 Å². The number of ether oxygens (including phenoxy) is 1. The topological polar surface area (TPSA) is 113 Å². The van der Waals surface area contributed by atoms with Crippen molar-refractivity contribution < 1.29 is 9.53 Å². The van der Waals surface area contributed by atoms with Gasteiger partial charge in [0.15, 0.2) is 0 Å². The van der Waals surface area contributed by atoms with E-state index in [-0.39, 0.29) is 30.0 Å². The van der Waals surface area contributed by atoms with Crippen molar-refractivity contribution in [1.29, 1.82) is 0 Å². The largest absolute Gasteiger partial charge is 0.379 e. The van der Waals surface area contributed by atoms with Gasteiger partial charge < -0.3 is 10.1 Å². The minimum absolute atomic E-state index is 0.00824. The molecule has 8 heteroatoms. The lowest BCUT2D eigenvalue weighted by Crippen LogP contribution is -2.40. The molecule has 0 spiro atoms. The summed E-state index contributed by atoms with van der Waals surface area (Å²) in [5, 5.41) is 9.09. The third kappa shape index (κ3) is 4.26. The highest BCUT2D eigenvalue weighted by molar-refractivity contribution is 5.76. The molecule has 3 rings (SSSR count). The van der Waals surface area contributed by atoms with Crippen molar-refractivity contribution in [3.8, 4) is 0 Å². The summed E-state index contributed by atoms with van der Waals surface area (Å²) in [4.78, 5) is 29.5. The van der Waals surface area contributed by atoms with Crippen LogP contribution in [0.5, 0.6) is 0 Å². The maximum atomic E-state index is 12.1. The fraction of sp³-hybridized carbons (Fsp3) is 0.467. The zero-order chi connectivity index (χ0) is 16.1. The first-order valence-electron chi connectivity index (χ1n) is 7.60. The molecular formula is C15H19N5O3. The van der Waals surface area contributed by atoms with Gasteiger partial charge in [0, 0.05) is 31.2 Å². The van der Waals surface area contributed by atoms with Crippen molar-refractivity contribution >= 4 is 5.91 Å². The number of hydrogen-bond acceptors (Lipinski definition) is 5. The van der Waals surface area contributed by atoms with E-state index in [1.807, 2.05) is 12.1 Å². The summed E-state index contributed by atoms with van der Waals surface area (Å²) in [6, 6.07) is 3.96. The van der Waals surface area contributed by atoms with Gasteiger partial charge in [-0.3, -0.25) is 14.8 Å². The molecule has 0 unspecified atom stereocenters. The molecule has 23 heavy (non-hydrogen) atoms. The van der Waals surface area contributed by atoms with E-state index in [1.54, 1.807) is 12.4 Å². The number of aryl methyl sites for hydroxylation is 1. The van der Waals surface area contributed by atoms with Crippen LogP contribution in [0.4, 0.5) is 0 Å². The Kier molecular flexibility index (Phi) is 4.82. The molecule has 1 aliphatic rings. The number of rotatable bonds is 6. The third-order valence-electron chi connectivity index (χ3n) is 3.93. The molecule has 0 aliphatic carbocycles. The van der Waals surface area contributed by atoms with Gasteiger partial charge in [0.25, 0.3) is 0 Å². The van der Waals surface area contributed by atoms with Gasteiger partial charge in [-0.15, -0.1) is 0 Å². The summed E-state index contributed by atoms with van der Waals surface area (Å²) in [5.74, 6) is 0.678. The summed E-state index contributed by atoms with van der Waals surface area (Å²) in [6.07, 6.45) is 5.05. The molecule has 0 saturated carbocycles. The second-order valence-corrected chi connectivity index (χ2v) is 5.66. The average molecular weight is 317 g/mol. The molecule has 3 N–H and O–H groups in total. The molecule has 2 aromatic heterocycles. The first-order chi connectivity index (χ1) is 11.2. The Balaban J connectivity index is 1.49. The Labute approximate surface area is 132 Å². The van der Waals surface area contributed by atoms with Gasteiger partial charge in [0.1, 0.15) is 5.82 Å². The van der Waals surface area contributed by atoms with Crippen molar-refractivity contribution in [3.05, 3.63) is 46.4 Å². The van der Waals surface area contributed by atoms with E-state index in [4.69, 9.17) is 4.74 Å². The van der Waals surface area contributed by atoms with E-state index in [0.29, 0.717) is 25.5 Å². The van der Waals surface area contributed by atoms with Crippen molar-refractivity contribution in [2.24, 2.45) is 5.92 Å². The molecule has 0 bridgehead atoms. The molecule has 1 fully saturated rings. The lowest BCUT2D eigenvalue weighted by atomic mass is 9.95. The van der Waals surface area contributed by atoms with Crippen LogP contribution >= 0.6 is 0 Å². The second-order valence-electron chi connectivity index (χ2n) is 5.66. The van der Waals surface area contributed by atoms with Gasteiger partial charge in [0.2, 0.25) is 5.91 Å². The number of carbonyl (C=O) groups is 1. The monoisotopic (exact) mass is 317 g/mol. The van der Waals surface area contributed by atoms with E-state index < -0.39 is 0 Å². The number of aromatic nitrogens is 4. The van der Waals surface area contributed by atoms with Crippen LogP contribution in [0, 0.1) is 5.92 Å². The summed E-state index contributed by atoms with van der Waals surface area (Å²) < 4.78 is 5.51. The highest BCUT2D eigenvalue weighted by atomic mass is 16.5. The van der Waals surface area contributed by atoms with Crippen LogP contribution in [0.15, 0.2) is 29.3 Å². The lowest BCUT2D eigenvalue weighted by molar-refractivity contribution is -0.122. The first kappa shape index (κ1) is 15.4. The molecule has 0 aromatic carbocycles. The van der Waals surface area contributed by atoms with Gasteiger partial charge in [-0.05, 0) is 24.1 Å². The minimum atomic E-state index is -0.359. The molecule has 3 heterocycles. The van der Waals surface area contributed by atoms with Crippen LogP contribution in [0.25, 0.3) is 0 Å². The number of carbonyl (C=O) groups excluding carboxylic acids is 1. The average Bonchev–Trinajstić information content (AvgIpc) is 3.16. The van der Waals surface area contributed by atoms with Crippen LogP contribution < -0.4 is 11.0 Å². The Morgan fingerprint density at radius 2 is 2.17 bits per heavy atom. The maximum Gasteiger partial charge on any atom is 0.340 e. The molecule has 8 nitrogen and oxygen atoms in total. The van der Waals surface area contributed by atoms with E-state index in [2.05, 4.69) is 25.5 Å². The number of H-pyrrole nitrogens is 2. The van der Waals surface area contributed by atoms with Gasteiger partial charge >= 0.3 is 5.69 Å². The Bertz CT molecular complexity index is 696. The van der Waals surface area contributed by atoms with Crippen LogP contribution in [0.3, 0.4) is 0 Å². The normalized spacial score (nSPS) is 20.5. The smallest absolute Gasteiger partial charge is 0.340 e. The fourth-order valence-electron chi connectivity index (χ4n) is 2.72. The van der Waals surface area contributed by atoms with Crippen molar-refractivity contribution in [3.63, 3.8) is 0 Å². The molecule has 2 atom stereocenters. The Morgan fingerprint density at radius 3 is 2.91 bits per heavy atom. The number of amides is 1. The Morgan fingerprint density at radius 1 is 1.35 bits per heavy atom. The summed E-state index contributed by atoms with van der Waals surface area (Å²) in [5.41, 5.74) is 0.825. The third-order valence-corrected chi connectivity index (χ3v) is 3.93. The fourth-order valence-corrected chi connectivity index (χ4v) is 2.72. The van der Waals surface area contributed by atoms with Gasteiger partial charge in [-0.25, -0.2) is 9.89 Å². The van der Waals surface area contributed by atoms with Crippen LogP contribution in [0.1, 0.15) is 17.8 Å². The first-order valence-corrected chi connectivity index (χ1v) is 7.60. The van der Waals surface area contributed by atoms with Crippen LogP contribution in [-0.4, -0.2) is 45.3 Å². The SMILES string of the molecule is O=C(CCc1n[nH]c(=O)[nH]1)N[C@H]1COC[C@H]1Cc1ccncc1. The van der Waals surface area contributed by atoms with E-state index in [0.717, 1.165) is 6.42 Å². The summed E-state index contributed by atoms with van der Waals surface area (Å²) in [7, 11) is 0.